The number of pyridine rings is 1. The lowest BCUT2D eigenvalue weighted by Crippen LogP contribution is -2.18. The molecule has 18 heavy (non-hydrogen) atoms. The summed E-state index contributed by atoms with van der Waals surface area (Å²) in [7, 11) is 1.57. The third-order valence-electron chi connectivity index (χ3n) is 3.67. The fourth-order valence-electron chi connectivity index (χ4n) is 2.56. The highest BCUT2D eigenvalue weighted by Crippen LogP contribution is 2.28. The molecule has 1 aliphatic rings. The fourth-order valence-corrected chi connectivity index (χ4v) is 2.56. The molecule has 2 heterocycles. The van der Waals surface area contributed by atoms with Crippen molar-refractivity contribution in [2.24, 2.45) is 7.05 Å². The van der Waals surface area contributed by atoms with Crippen LogP contribution in [0.1, 0.15) is 12.8 Å². The van der Waals surface area contributed by atoms with Gasteiger partial charge in [-0.05, 0) is 36.4 Å². The number of hydrogen-bond donors (Lipinski definition) is 1. The molecule has 1 aromatic carbocycles. The predicted molar refractivity (Wildman–Crippen MR) is 72.3 cm³/mol. The zero-order valence-electron chi connectivity index (χ0n) is 10.4. The SMILES string of the molecule is Cn1c(O)c2ccc(N3CCCC3)cc2cc1=O. The third-order valence-corrected chi connectivity index (χ3v) is 3.67. The van der Waals surface area contributed by atoms with Crippen LogP contribution in [0.15, 0.2) is 29.1 Å². The molecule has 0 amide bonds. The summed E-state index contributed by atoms with van der Waals surface area (Å²) < 4.78 is 1.26. The summed E-state index contributed by atoms with van der Waals surface area (Å²) in [5.74, 6) is 0.0328. The lowest BCUT2D eigenvalue weighted by Gasteiger charge is -2.18. The molecule has 0 aliphatic carbocycles. The maximum Gasteiger partial charge on any atom is 0.253 e. The molecule has 1 fully saturated rings. The normalized spacial score (nSPS) is 15.5. The van der Waals surface area contributed by atoms with Gasteiger partial charge in [-0.1, -0.05) is 0 Å². The molecule has 2 aromatic rings. The Bertz CT molecular complexity index is 655. The minimum atomic E-state index is -0.182. The summed E-state index contributed by atoms with van der Waals surface area (Å²) in [5.41, 5.74) is 0.950. The van der Waals surface area contributed by atoms with E-state index in [-0.39, 0.29) is 11.4 Å². The van der Waals surface area contributed by atoms with Gasteiger partial charge < -0.3 is 10.0 Å². The third kappa shape index (κ3) is 1.65. The van der Waals surface area contributed by atoms with E-state index >= 15 is 0 Å². The molecule has 1 aliphatic heterocycles. The molecule has 1 saturated heterocycles. The van der Waals surface area contributed by atoms with E-state index in [1.54, 1.807) is 13.1 Å². The van der Waals surface area contributed by atoms with Crippen molar-refractivity contribution in [2.45, 2.75) is 12.8 Å². The monoisotopic (exact) mass is 244 g/mol. The summed E-state index contributed by atoms with van der Waals surface area (Å²) in [5, 5.41) is 11.5. The Kier molecular flexibility index (Phi) is 2.51. The van der Waals surface area contributed by atoms with Gasteiger partial charge in [-0.15, -0.1) is 0 Å². The first-order valence-electron chi connectivity index (χ1n) is 6.24. The van der Waals surface area contributed by atoms with Crippen LogP contribution in [0, 0.1) is 0 Å². The molecule has 0 radical (unpaired) electrons. The highest BCUT2D eigenvalue weighted by Gasteiger charge is 2.13. The number of fused-ring (bicyclic) bond motifs is 1. The highest BCUT2D eigenvalue weighted by atomic mass is 16.3. The molecule has 0 bridgehead atoms. The summed E-state index contributed by atoms with van der Waals surface area (Å²) in [6, 6.07) is 7.46. The quantitative estimate of drug-likeness (QED) is 0.832. The molecule has 1 N–H and O–H groups in total. The highest BCUT2D eigenvalue weighted by molar-refractivity contribution is 5.89. The number of benzene rings is 1. The Morgan fingerprint density at radius 2 is 1.89 bits per heavy atom. The van der Waals surface area contributed by atoms with Gasteiger partial charge in [0.2, 0.25) is 5.88 Å². The molecule has 0 atom stereocenters. The van der Waals surface area contributed by atoms with Crippen LogP contribution < -0.4 is 10.5 Å². The van der Waals surface area contributed by atoms with E-state index in [4.69, 9.17) is 0 Å². The molecule has 0 unspecified atom stereocenters. The fraction of sp³-hybridized carbons (Fsp3) is 0.357. The van der Waals surface area contributed by atoms with Gasteiger partial charge >= 0.3 is 0 Å². The van der Waals surface area contributed by atoms with Gasteiger partial charge in [-0.25, -0.2) is 0 Å². The molecular weight excluding hydrogens is 228 g/mol. The summed E-state index contributed by atoms with van der Waals surface area (Å²) in [6.45, 7) is 2.14. The first-order valence-corrected chi connectivity index (χ1v) is 6.24. The Labute approximate surface area is 105 Å². The van der Waals surface area contributed by atoms with Crippen molar-refractivity contribution in [1.29, 1.82) is 0 Å². The van der Waals surface area contributed by atoms with Crippen LogP contribution in [0.2, 0.25) is 0 Å². The Morgan fingerprint density at radius 3 is 2.61 bits per heavy atom. The molecule has 1 aromatic heterocycles. The van der Waals surface area contributed by atoms with Crippen molar-refractivity contribution >= 4 is 16.5 Å². The average Bonchev–Trinajstić information content (AvgIpc) is 2.89. The Balaban J connectivity index is 2.17. The molecule has 4 nitrogen and oxygen atoms in total. The van der Waals surface area contributed by atoms with E-state index in [0.717, 1.165) is 29.5 Å². The smallest absolute Gasteiger partial charge is 0.253 e. The van der Waals surface area contributed by atoms with Gasteiger partial charge in [0.25, 0.3) is 5.56 Å². The molecule has 0 saturated carbocycles. The Hall–Kier alpha value is -1.97. The lowest BCUT2D eigenvalue weighted by molar-refractivity contribution is 0.430. The number of aromatic nitrogens is 1. The van der Waals surface area contributed by atoms with E-state index in [9.17, 15) is 9.90 Å². The first-order chi connectivity index (χ1) is 8.66. The topological polar surface area (TPSA) is 45.5 Å². The summed E-state index contributed by atoms with van der Waals surface area (Å²) >= 11 is 0. The van der Waals surface area contributed by atoms with Crippen LogP contribution in [0.25, 0.3) is 10.8 Å². The van der Waals surface area contributed by atoms with Crippen molar-refractivity contribution in [3.05, 3.63) is 34.6 Å². The van der Waals surface area contributed by atoms with Crippen molar-refractivity contribution in [2.75, 3.05) is 18.0 Å². The van der Waals surface area contributed by atoms with Gasteiger partial charge in [-0.3, -0.25) is 9.36 Å². The van der Waals surface area contributed by atoms with Crippen molar-refractivity contribution < 1.29 is 5.11 Å². The van der Waals surface area contributed by atoms with E-state index in [1.165, 1.54) is 17.4 Å². The predicted octanol–water partition coefficient (Wildman–Crippen LogP) is 1.84. The van der Waals surface area contributed by atoms with Gasteiger partial charge in [0.1, 0.15) is 0 Å². The van der Waals surface area contributed by atoms with Gasteiger partial charge in [0.15, 0.2) is 0 Å². The zero-order valence-corrected chi connectivity index (χ0v) is 10.4. The number of hydrogen-bond acceptors (Lipinski definition) is 3. The molecule has 3 rings (SSSR count). The maximum atomic E-state index is 11.7. The van der Waals surface area contributed by atoms with Crippen LogP contribution in [0.4, 0.5) is 5.69 Å². The number of rotatable bonds is 1. The van der Waals surface area contributed by atoms with Crippen LogP contribution in [-0.2, 0) is 7.05 Å². The van der Waals surface area contributed by atoms with E-state index in [1.807, 2.05) is 18.2 Å². The average molecular weight is 244 g/mol. The molecule has 0 spiro atoms. The standard InChI is InChI=1S/C14H16N2O2/c1-15-13(17)9-10-8-11(16-6-2-3-7-16)4-5-12(10)14(15)18/h4-5,8-9,18H,2-3,6-7H2,1H3. The number of nitrogens with zero attached hydrogens (tertiary/aromatic N) is 2. The minimum Gasteiger partial charge on any atom is -0.494 e. The van der Waals surface area contributed by atoms with Crippen LogP contribution >= 0.6 is 0 Å². The van der Waals surface area contributed by atoms with E-state index < -0.39 is 0 Å². The van der Waals surface area contributed by atoms with Crippen molar-refractivity contribution in [1.82, 2.24) is 4.57 Å². The van der Waals surface area contributed by atoms with Gasteiger partial charge in [0.05, 0.1) is 0 Å². The summed E-state index contributed by atoms with van der Waals surface area (Å²) in [6.07, 6.45) is 2.44. The molecular formula is C14H16N2O2. The zero-order chi connectivity index (χ0) is 12.7. The van der Waals surface area contributed by atoms with Crippen LogP contribution in [-0.4, -0.2) is 22.8 Å². The number of aromatic hydroxyl groups is 1. The minimum absolute atomic E-state index is 0.0328. The van der Waals surface area contributed by atoms with Crippen molar-refractivity contribution in [3.8, 4) is 5.88 Å². The largest absolute Gasteiger partial charge is 0.494 e. The van der Waals surface area contributed by atoms with Gasteiger partial charge in [0, 0.05) is 37.3 Å². The second-order valence-corrected chi connectivity index (χ2v) is 4.83. The van der Waals surface area contributed by atoms with Gasteiger partial charge in [-0.2, -0.15) is 0 Å². The van der Waals surface area contributed by atoms with E-state index in [2.05, 4.69) is 4.90 Å². The van der Waals surface area contributed by atoms with E-state index in [0.29, 0.717) is 0 Å². The van der Waals surface area contributed by atoms with Crippen LogP contribution in [0.5, 0.6) is 5.88 Å². The second kappa shape index (κ2) is 4.05. The number of anilines is 1. The second-order valence-electron chi connectivity index (χ2n) is 4.83. The van der Waals surface area contributed by atoms with Crippen molar-refractivity contribution in [3.63, 3.8) is 0 Å². The molecule has 94 valence electrons. The maximum absolute atomic E-state index is 11.7. The first kappa shape index (κ1) is 11.1. The van der Waals surface area contributed by atoms with Crippen LogP contribution in [0.3, 0.4) is 0 Å². The molecule has 4 heteroatoms. The summed E-state index contributed by atoms with van der Waals surface area (Å²) in [4.78, 5) is 14.0. The lowest BCUT2D eigenvalue weighted by atomic mass is 10.1. The Morgan fingerprint density at radius 1 is 1.17 bits per heavy atom.